The summed E-state index contributed by atoms with van der Waals surface area (Å²) in [5, 5.41) is 0.946. The van der Waals surface area contributed by atoms with Crippen molar-refractivity contribution < 1.29 is 9.21 Å². The molecule has 2 aromatic rings. The first-order chi connectivity index (χ1) is 10.3. The van der Waals surface area contributed by atoms with Gasteiger partial charge in [-0.15, -0.1) is 0 Å². The largest absolute Gasteiger partial charge is 0.464 e. The number of rotatable bonds is 10. The van der Waals surface area contributed by atoms with Crippen LogP contribution in [-0.4, -0.2) is 5.78 Å². The summed E-state index contributed by atoms with van der Waals surface area (Å²) in [5.74, 6) is 0.214. The quantitative estimate of drug-likeness (QED) is 0.387. The second-order valence-electron chi connectivity index (χ2n) is 5.79. The van der Waals surface area contributed by atoms with E-state index in [1.807, 2.05) is 24.3 Å². The lowest BCUT2D eigenvalue weighted by Gasteiger charge is -2.01. The minimum Gasteiger partial charge on any atom is -0.464 e. The van der Waals surface area contributed by atoms with Crippen molar-refractivity contribution in [2.45, 2.75) is 64.7 Å². The van der Waals surface area contributed by atoms with Crippen molar-refractivity contribution in [1.29, 1.82) is 0 Å². The molecule has 0 unspecified atom stereocenters. The summed E-state index contributed by atoms with van der Waals surface area (Å²) in [6.07, 6.45) is 12.3. The molecule has 0 aliphatic heterocycles. The van der Waals surface area contributed by atoms with Gasteiger partial charge >= 0.3 is 0 Å². The highest BCUT2D eigenvalue weighted by atomic mass is 16.3. The van der Waals surface area contributed by atoms with Gasteiger partial charge in [-0.05, 0) is 12.5 Å². The third kappa shape index (κ3) is 4.73. The van der Waals surface area contributed by atoms with Gasteiger partial charge in [0.25, 0.3) is 0 Å². The zero-order valence-corrected chi connectivity index (χ0v) is 13.1. The molecule has 2 nitrogen and oxygen atoms in total. The molecule has 114 valence electrons. The molecule has 2 rings (SSSR count). The van der Waals surface area contributed by atoms with Gasteiger partial charge in [0.1, 0.15) is 11.8 Å². The molecule has 0 fully saturated rings. The minimum absolute atomic E-state index is 0.214. The zero-order valence-electron chi connectivity index (χ0n) is 13.1. The van der Waals surface area contributed by atoms with E-state index in [0.29, 0.717) is 6.42 Å². The maximum Gasteiger partial charge on any atom is 0.166 e. The van der Waals surface area contributed by atoms with E-state index < -0.39 is 0 Å². The number of fused-ring (bicyclic) bond motifs is 1. The van der Waals surface area contributed by atoms with E-state index in [4.69, 9.17) is 4.42 Å². The Bertz CT molecular complexity index is 553. The molecule has 0 atom stereocenters. The summed E-state index contributed by atoms with van der Waals surface area (Å²) in [6.45, 7) is 2.24. The molecule has 1 aromatic carbocycles. The summed E-state index contributed by atoms with van der Waals surface area (Å²) < 4.78 is 5.43. The zero-order chi connectivity index (χ0) is 14.9. The standard InChI is InChI=1S/C19H26O2/c1-2-3-4-5-6-7-8-9-13-18(20)17-15-21-19-14-11-10-12-16(17)19/h10-12,14-15H,2-9,13H2,1H3. The van der Waals surface area contributed by atoms with Crippen LogP contribution < -0.4 is 0 Å². The van der Waals surface area contributed by atoms with Gasteiger partial charge in [0.05, 0.1) is 5.56 Å². The highest BCUT2D eigenvalue weighted by Gasteiger charge is 2.12. The van der Waals surface area contributed by atoms with Crippen LogP contribution in [0.4, 0.5) is 0 Å². The predicted molar refractivity (Wildman–Crippen MR) is 87.8 cm³/mol. The van der Waals surface area contributed by atoms with Gasteiger partial charge in [0.15, 0.2) is 5.78 Å². The third-order valence-electron chi connectivity index (χ3n) is 4.04. The van der Waals surface area contributed by atoms with Gasteiger partial charge in [0, 0.05) is 11.8 Å². The van der Waals surface area contributed by atoms with E-state index in [-0.39, 0.29) is 5.78 Å². The molecular weight excluding hydrogens is 260 g/mol. The second-order valence-corrected chi connectivity index (χ2v) is 5.79. The Hall–Kier alpha value is -1.57. The number of carbonyl (C=O) groups is 1. The van der Waals surface area contributed by atoms with Gasteiger partial charge in [-0.1, -0.05) is 70.1 Å². The molecule has 1 heterocycles. The molecule has 1 aromatic heterocycles. The number of para-hydroxylation sites is 1. The summed E-state index contributed by atoms with van der Waals surface area (Å²) in [7, 11) is 0. The Morgan fingerprint density at radius 1 is 0.952 bits per heavy atom. The number of hydrogen-bond donors (Lipinski definition) is 0. The average molecular weight is 286 g/mol. The smallest absolute Gasteiger partial charge is 0.166 e. The SMILES string of the molecule is CCCCCCCCCCC(=O)c1coc2ccccc12. The Kier molecular flexibility index (Phi) is 6.52. The number of hydrogen-bond acceptors (Lipinski definition) is 2. The summed E-state index contributed by atoms with van der Waals surface area (Å²) in [6, 6.07) is 7.74. The molecule has 2 heteroatoms. The fourth-order valence-electron chi connectivity index (χ4n) is 2.75. The lowest BCUT2D eigenvalue weighted by molar-refractivity contribution is 0.0980. The van der Waals surface area contributed by atoms with E-state index in [2.05, 4.69) is 6.92 Å². The maximum atomic E-state index is 12.2. The van der Waals surface area contributed by atoms with Crippen LogP contribution >= 0.6 is 0 Å². The number of Topliss-reactive ketones (excluding diaryl/α,β-unsaturated/α-hetero) is 1. The van der Waals surface area contributed by atoms with Crippen molar-refractivity contribution in [2.24, 2.45) is 0 Å². The number of ketones is 1. The summed E-state index contributed by atoms with van der Waals surface area (Å²) in [5.41, 5.74) is 1.55. The Morgan fingerprint density at radius 3 is 2.38 bits per heavy atom. The number of furan rings is 1. The van der Waals surface area contributed by atoms with E-state index in [1.54, 1.807) is 6.26 Å². The summed E-state index contributed by atoms with van der Waals surface area (Å²) >= 11 is 0. The topological polar surface area (TPSA) is 30.2 Å². The van der Waals surface area contributed by atoms with Crippen LogP contribution in [-0.2, 0) is 0 Å². The molecule has 0 amide bonds. The number of unbranched alkanes of at least 4 members (excludes halogenated alkanes) is 7. The fraction of sp³-hybridized carbons (Fsp3) is 0.526. The van der Waals surface area contributed by atoms with Gasteiger partial charge in [-0.25, -0.2) is 0 Å². The van der Waals surface area contributed by atoms with Crippen LogP contribution in [0.25, 0.3) is 11.0 Å². The fourth-order valence-corrected chi connectivity index (χ4v) is 2.75. The first-order valence-corrected chi connectivity index (χ1v) is 8.32. The predicted octanol–water partition coefficient (Wildman–Crippen LogP) is 6.15. The Morgan fingerprint density at radius 2 is 1.62 bits per heavy atom. The van der Waals surface area contributed by atoms with E-state index in [1.165, 1.54) is 38.5 Å². The van der Waals surface area contributed by atoms with E-state index >= 15 is 0 Å². The molecule has 0 bridgehead atoms. The van der Waals surface area contributed by atoms with Crippen molar-refractivity contribution in [1.82, 2.24) is 0 Å². The van der Waals surface area contributed by atoms with Crippen molar-refractivity contribution in [3.63, 3.8) is 0 Å². The Balaban J connectivity index is 1.68. The number of carbonyl (C=O) groups excluding carboxylic acids is 1. The molecule has 0 N–H and O–H groups in total. The highest BCUT2D eigenvalue weighted by Crippen LogP contribution is 2.22. The van der Waals surface area contributed by atoms with Crippen LogP contribution in [0.3, 0.4) is 0 Å². The van der Waals surface area contributed by atoms with Gasteiger partial charge in [-0.2, -0.15) is 0 Å². The van der Waals surface area contributed by atoms with Crippen LogP contribution in [0.5, 0.6) is 0 Å². The van der Waals surface area contributed by atoms with E-state index in [0.717, 1.165) is 29.4 Å². The third-order valence-corrected chi connectivity index (χ3v) is 4.04. The van der Waals surface area contributed by atoms with Crippen molar-refractivity contribution in [3.8, 4) is 0 Å². The monoisotopic (exact) mass is 286 g/mol. The highest BCUT2D eigenvalue weighted by molar-refractivity contribution is 6.06. The molecule has 0 saturated carbocycles. The van der Waals surface area contributed by atoms with Gasteiger partial charge in [0.2, 0.25) is 0 Å². The summed E-state index contributed by atoms with van der Waals surface area (Å²) in [4.78, 5) is 12.2. The molecule has 21 heavy (non-hydrogen) atoms. The van der Waals surface area contributed by atoms with Crippen LogP contribution in [0.2, 0.25) is 0 Å². The van der Waals surface area contributed by atoms with Crippen molar-refractivity contribution >= 4 is 16.8 Å². The van der Waals surface area contributed by atoms with Gasteiger partial charge in [-0.3, -0.25) is 4.79 Å². The first-order valence-electron chi connectivity index (χ1n) is 8.32. The van der Waals surface area contributed by atoms with Crippen LogP contribution in [0, 0.1) is 0 Å². The molecule has 0 spiro atoms. The first kappa shape index (κ1) is 15.8. The lowest BCUT2D eigenvalue weighted by Crippen LogP contribution is -1.97. The molecule has 0 aliphatic rings. The van der Waals surface area contributed by atoms with Crippen LogP contribution in [0.15, 0.2) is 34.9 Å². The average Bonchev–Trinajstić information content (AvgIpc) is 2.94. The van der Waals surface area contributed by atoms with Crippen LogP contribution in [0.1, 0.15) is 75.1 Å². The molecule has 0 radical (unpaired) electrons. The molecule has 0 aliphatic carbocycles. The lowest BCUT2D eigenvalue weighted by atomic mass is 10.0. The van der Waals surface area contributed by atoms with Crippen molar-refractivity contribution in [2.75, 3.05) is 0 Å². The Labute approximate surface area is 127 Å². The second kappa shape index (κ2) is 8.66. The van der Waals surface area contributed by atoms with Crippen molar-refractivity contribution in [3.05, 3.63) is 36.1 Å². The van der Waals surface area contributed by atoms with E-state index in [9.17, 15) is 4.79 Å². The number of benzene rings is 1. The normalized spacial score (nSPS) is 11.1. The maximum absolute atomic E-state index is 12.2. The van der Waals surface area contributed by atoms with Gasteiger partial charge < -0.3 is 4.42 Å². The molecule has 0 saturated heterocycles. The molecular formula is C19H26O2. The minimum atomic E-state index is 0.214.